The SMILES string of the molecule is CC1(C)CN(C(=O)CCCl)C[C@H]1CO. The lowest BCUT2D eigenvalue weighted by molar-refractivity contribution is -0.130. The maximum absolute atomic E-state index is 11.6. The molecule has 14 heavy (non-hydrogen) atoms. The second-order valence-electron chi connectivity index (χ2n) is 4.58. The number of halogens is 1. The summed E-state index contributed by atoms with van der Waals surface area (Å²) in [6.07, 6.45) is 0.399. The van der Waals surface area contributed by atoms with Gasteiger partial charge in [-0.25, -0.2) is 0 Å². The minimum Gasteiger partial charge on any atom is -0.396 e. The molecule has 1 atom stereocenters. The van der Waals surface area contributed by atoms with Crippen LogP contribution in [0.3, 0.4) is 0 Å². The van der Waals surface area contributed by atoms with Gasteiger partial charge in [0.15, 0.2) is 0 Å². The Bertz CT molecular complexity index is 218. The van der Waals surface area contributed by atoms with Gasteiger partial charge in [0.25, 0.3) is 0 Å². The van der Waals surface area contributed by atoms with E-state index in [1.807, 2.05) is 4.90 Å². The molecule has 0 saturated carbocycles. The van der Waals surface area contributed by atoms with Crippen LogP contribution in [0.5, 0.6) is 0 Å². The summed E-state index contributed by atoms with van der Waals surface area (Å²) in [7, 11) is 0. The molecule has 0 aromatic heterocycles. The highest BCUT2D eigenvalue weighted by Crippen LogP contribution is 2.34. The van der Waals surface area contributed by atoms with Crippen molar-refractivity contribution in [1.82, 2.24) is 4.90 Å². The Morgan fingerprint density at radius 2 is 2.29 bits per heavy atom. The third-order valence-electron chi connectivity index (χ3n) is 3.03. The molecule has 0 aliphatic carbocycles. The summed E-state index contributed by atoms with van der Waals surface area (Å²) in [6.45, 7) is 5.72. The molecule has 0 radical (unpaired) electrons. The summed E-state index contributed by atoms with van der Waals surface area (Å²) in [5.74, 6) is 0.672. The first-order chi connectivity index (χ1) is 6.51. The number of hydrogen-bond donors (Lipinski definition) is 1. The van der Waals surface area contributed by atoms with Crippen molar-refractivity contribution >= 4 is 17.5 Å². The molecule has 1 saturated heterocycles. The zero-order chi connectivity index (χ0) is 10.8. The fraction of sp³-hybridized carbons (Fsp3) is 0.900. The second kappa shape index (κ2) is 4.49. The standard InChI is InChI=1S/C10H18ClNO2/c1-10(2)7-12(5-8(10)6-13)9(14)3-4-11/h8,13H,3-7H2,1-2H3/t8-/m0/s1. The van der Waals surface area contributed by atoms with Gasteiger partial charge in [0.2, 0.25) is 5.91 Å². The van der Waals surface area contributed by atoms with Crippen LogP contribution in [-0.4, -0.2) is 41.5 Å². The highest BCUT2D eigenvalue weighted by molar-refractivity contribution is 6.18. The fourth-order valence-corrected chi connectivity index (χ4v) is 2.09. The van der Waals surface area contributed by atoms with E-state index in [9.17, 15) is 4.79 Å². The van der Waals surface area contributed by atoms with Gasteiger partial charge in [-0.1, -0.05) is 13.8 Å². The van der Waals surface area contributed by atoms with Crippen LogP contribution in [0, 0.1) is 11.3 Å². The number of aliphatic hydroxyl groups excluding tert-OH is 1. The van der Waals surface area contributed by atoms with E-state index in [1.54, 1.807) is 0 Å². The van der Waals surface area contributed by atoms with Crippen LogP contribution >= 0.6 is 11.6 Å². The number of carbonyl (C=O) groups excluding carboxylic acids is 1. The molecule has 0 aromatic rings. The van der Waals surface area contributed by atoms with E-state index in [2.05, 4.69) is 13.8 Å². The zero-order valence-electron chi connectivity index (χ0n) is 8.79. The predicted octanol–water partition coefficient (Wildman–Crippen LogP) is 1.09. The molecule has 1 N–H and O–H groups in total. The van der Waals surface area contributed by atoms with E-state index in [4.69, 9.17) is 16.7 Å². The van der Waals surface area contributed by atoms with Gasteiger partial charge >= 0.3 is 0 Å². The van der Waals surface area contributed by atoms with E-state index in [0.717, 1.165) is 6.54 Å². The Kier molecular flexibility index (Phi) is 3.78. The van der Waals surface area contributed by atoms with Crippen LogP contribution in [0.2, 0.25) is 0 Å². The summed E-state index contributed by atoms with van der Waals surface area (Å²) < 4.78 is 0. The number of aliphatic hydroxyl groups is 1. The minimum atomic E-state index is 0.0245. The van der Waals surface area contributed by atoms with Gasteiger partial charge in [-0.15, -0.1) is 11.6 Å². The van der Waals surface area contributed by atoms with Crippen LogP contribution < -0.4 is 0 Å². The Morgan fingerprint density at radius 3 is 2.71 bits per heavy atom. The van der Waals surface area contributed by atoms with Crippen LogP contribution in [0.4, 0.5) is 0 Å². The molecular weight excluding hydrogens is 202 g/mol. The van der Waals surface area contributed by atoms with Crippen molar-refractivity contribution in [3.63, 3.8) is 0 Å². The van der Waals surface area contributed by atoms with Crippen LogP contribution in [-0.2, 0) is 4.79 Å². The summed E-state index contributed by atoms with van der Waals surface area (Å²) in [5, 5.41) is 9.17. The predicted molar refractivity (Wildman–Crippen MR) is 56.3 cm³/mol. The average molecular weight is 220 g/mol. The summed E-state index contributed by atoms with van der Waals surface area (Å²) in [4.78, 5) is 13.4. The largest absolute Gasteiger partial charge is 0.396 e. The lowest BCUT2D eigenvalue weighted by Crippen LogP contribution is -2.30. The van der Waals surface area contributed by atoms with E-state index in [-0.39, 0.29) is 23.8 Å². The first-order valence-electron chi connectivity index (χ1n) is 4.96. The number of rotatable bonds is 3. The molecule has 1 amide bonds. The lowest BCUT2D eigenvalue weighted by atomic mass is 9.83. The smallest absolute Gasteiger partial charge is 0.223 e. The summed E-state index contributed by atoms with van der Waals surface area (Å²) in [6, 6.07) is 0. The number of nitrogens with zero attached hydrogens (tertiary/aromatic N) is 1. The van der Waals surface area contributed by atoms with E-state index >= 15 is 0 Å². The Morgan fingerprint density at radius 1 is 1.64 bits per heavy atom. The van der Waals surface area contributed by atoms with Crippen molar-refractivity contribution in [3.8, 4) is 0 Å². The zero-order valence-corrected chi connectivity index (χ0v) is 9.55. The third kappa shape index (κ3) is 2.39. The first-order valence-corrected chi connectivity index (χ1v) is 5.49. The van der Waals surface area contributed by atoms with E-state index in [1.165, 1.54) is 0 Å². The molecule has 1 fully saturated rings. The average Bonchev–Trinajstić information content (AvgIpc) is 2.41. The molecular formula is C10H18ClNO2. The Hall–Kier alpha value is -0.280. The molecule has 0 spiro atoms. The quantitative estimate of drug-likeness (QED) is 0.722. The van der Waals surface area contributed by atoms with Gasteiger partial charge < -0.3 is 10.0 Å². The van der Waals surface area contributed by atoms with Crippen molar-refractivity contribution in [2.75, 3.05) is 25.6 Å². The van der Waals surface area contributed by atoms with E-state index < -0.39 is 0 Å². The van der Waals surface area contributed by atoms with Crippen LogP contribution in [0.1, 0.15) is 20.3 Å². The minimum absolute atomic E-state index is 0.0245. The number of carbonyl (C=O) groups is 1. The highest BCUT2D eigenvalue weighted by atomic mass is 35.5. The number of amides is 1. The Labute approximate surface area is 90.0 Å². The summed E-state index contributed by atoms with van der Waals surface area (Å²) in [5.41, 5.74) is 0.0245. The van der Waals surface area contributed by atoms with Crippen molar-refractivity contribution in [3.05, 3.63) is 0 Å². The topological polar surface area (TPSA) is 40.5 Å². The van der Waals surface area contributed by atoms with Crippen molar-refractivity contribution in [2.45, 2.75) is 20.3 Å². The molecule has 1 aliphatic heterocycles. The van der Waals surface area contributed by atoms with Crippen molar-refractivity contribution < 1.29 is 9.90 Å². The van der Waals surface area contributed by atoms with Crippen LogP contribution in [0.25, 0.3) is 0 Å². The molecule has 0 bridgehead atoms. The van der Waals surface area contributed by atoms with Gasteiger partial charge in [-0.3, -0.25) is 4.79 Å². The molecule has 82 valence electrons. The molecule has 1 aliphatic rings. The number of likely N-dealkylation sites (tertiary alicyclic amines) is 1. The third-order valence-corrected chi connectivity index (χ3v) is 3.21. The van der Waals surface area contributed by atoms with Gasteiger partial charge in [0.1, 0.15) is 0 Å². The molecule has 0 unspecified atom stereocenters. The van der Waals surface area contributed by atoms with Crippen LogP contribution in [0.15, 0.2) is 0 Å². The fourth-order valence-electron chi connectivity index (χ4n) is 1.93. The van der Waals surface area contributed by atoms with Gasteiger partial charge in [0, 0.05) is 37.9 Å². The number of alkyl halides is 1. The maximum Gasteiger partial charge on any atom is 0.223 e. The molecule has 1 rings (SSSR count). The first kappa shape index (κ1) is 11.8. The van der Waals surface area contributed by atoms with Gasteiger partial charge in [0.05, 0.1) is 0 Å². The molecule has 4 heteroatoms. The summed E-state index contributed by atoms with van der Waals surface area (Å²) >= 11 is 5.52. The van der Waals surface area contributed by atoms with E-state index in [0.29, 0.717) is 18.8 Å². The van der Waals surface area contributed by atoms with Crippen molar-refractivity contribution in [1.29, 1.82) is 0 Å². The lowest BCUT2D eigenvalue weighted by Gasteiger charge is -2.23. The Balaban J connectivity index is 2.57. The van der Waals surface area contributed by atoms with Gasteiger partial charge in [-0.05, 0) is 5.41 Å². The second-order valence-corrected chi connectivity index (χ2v) is 4.96. The van der Waals surface area contributed by atoms with Gasteiger partial charge in [-0.2, -0.15) is 0 Å². The normalized spacial score (nSPS) is 25.4. The van der Waals surface area contributed by atoms with Crippen molar-refractivity contribution in [2.24, 2.45) is 11.3 Å². The molecule has 3 nitrogen and oxygen atoms in total. The molecule has 1 heterocycles. The number of hydrogen-bond acceptors (Lipinski definition) is 2. The monoisotopic (exact) mass is 219 g/mol. The molecule has 0 aromatic carbocycles. The maximum atomic E-state index is 11.6. The highest BCUT2D eigenvalue weighted by Gasteiger charge is 2.40.